The van der Waals surface area contributed by atoms with E-state index in [1.807, 2.05) is 17.6 Å². The number of nitrogens with zero attached hydrogens (tertiary/aromatic N) is 2. The lowest BCUT2D eigenvalue weighted by atomic mass is 9.77. The van der Waals surface area contributed by atoms with Gasteiger partial charge in [-0.05, 0) is 73.9 Å². The third-order valence-electron chi connectivity index (χ3n) is 6.80. The fourth-order valence-corrected chi connectivity index (χ4v) is 5.26. The number of allylic oxidation sites excluding steroid dienone is 1. The van der Waals surface area contributed by atoms with Crippen LogP contribution in [-0.4, -0.2) is 27.8 Å². The Morgan fingerprint density at radius 3 is 2.58 bits per heavy atom. The van der Waals surface area contributed by atoms with Gasteiger partial charge in [0.1, 0.15) is 0 Å². The fraction of sp³-hybridized carbons (Fsp3) is 0.308. The van der Waals surface area contributed by atoms with Crippen LogP contribution < -0.4 is 0 Å². The van der Waals surface area contributed by atoms with Gasteiger partial charge < -0.3 is 9.30 Å². The van der Waals surface area contributed by atoms with Crippen LogP contribution in [0.4, 0.5) is 8.78 Å². The van der Waals surface area contributed by atoms with Crippen molar-refractivity contribution >= 4 is 33.3 Å². The van der Waals surface area contributed by atoms with E-state index in [0.717, 1.165) is 70.4 Å². The normalized spacial score (nSPS) is 18.7. The van der Waals surface area contributed by atoms with Gasteiger partial charge in [-0.3, -0.25) is 9.89 Å². The molecule has 5 nitrogen and oxygen atoms in total. The Labute approximate surface area is 190 Å². The quantitative estimate of drug-likeness (QED) is 0.374. The predicted octanol–water partition coefficient (Wildman–Crippen LogP) is 6.26. The average Bonchev–Trinajstić information content (AvgIpc) is 3.40. The van der Waals surface area contributed by atoms with Gasteiger partial charge >= 0.3 is 5.97 Å². The number of hydrogen-bond acceptors (Lipinski definition) is 3. The van der Waals surface area contributed by atoms with Crippen LogP contribution in [0.2, 0.25) is 0 Å². The summed E-state index contributed by atoms with van der Waals surface area (Å²) in [5.74, 6) is -1.82. The molecule has 1 aliphatic carbocycles. The Morgan fingerprint density at radius 1 is 1.15 bits per heavy atom. The predicted molar refractivity (Wildman–Crippen MR) is 124 cm³/mol. The van der Waals surface area contributed by atoms with E-state index < -0.39 is 11.6 Å². The molecular formula is C26H25F2N3O2. The number of methoxy groups -OCH3 is 1. The van der Waals surface area contributed by atoms with Crippen molar-refractivity contribution in [3.8, 4) is 5.69 Å². The molecule has 1 N–H and O–H groups in total. The number of rotatable bonds is 4. The van der Waals surface area contributed by atoms with E-state index in [-0.39, 0.29) is 17.8 Å². The molecular weight excluding hydrogens is 424 g/mol. The van der Waals surface area contributed by atoms with Crippen molar-refractivity contribution in [2.24, 2.45) is 5.92 Å². The molecule has 0 spiro atoms. The molecule has 0 saturated heterocycles. The average molecular weight is 450 g/mol. The number of H-pyrrole nitrogens is 1. The van der Waals surface area contributed by atoms with Gasteiger partial charge in [0.15, 0.2) is 11.6 Å². The highest BCUT2D eigenvalue weighted by Crippen LogP contribution is 2.45. The van der Waals surface area contributed by atoms with Gasteiger partial charge in [0.2, 0.25) is 0 Å². The second kappa shape index (κ2) is 8.14. The first-order valence-corrected chi connectivity index (χ1v) is 11.1. The minimum atomic E-state index is -0.897. The molecule has 4 aromatic rings. The Kier molecular flexibility index (Phi) is 5.27. The van der Waals surface area contributed by atoms with Crippen LogP contribution >= 0.6 is 0 Å². The molecule has 1 fully saturated rings. The van der Waals surface area contributed by atoms with Gasteiger partial charge in [-0.15, -0.1) is 0 Å². The summed E-state index contributed by atoms with van der Waals surface area (Å²) in [7, 11) is 1.43. The zero-order chi connectivity index (χ0) is 23.3. The minimum Gasteiger partial charge on any atom is -0.469 e. The van der Waals surface area contributed by atoms with Crippen LogP contribution in [0.15, 0.2) is 43.1 Å². The molecule has 2 aromatic heterocycles. The highest BCUT2D eigenvalue weighted by molar-refractivity contribution is 6.00. The third-order valence-corrected chi connectivity index (χ3v) is 6.80. The molecule has 1 saturated carbocycles. The largest absolute Gasteiger partial charge is 0.469 e. The maximum Gasteiger partial charge on any atom is 0.308 e. The number of ether oxygens (including phenoxy) is 1. The standard InChI is InChI=1S/C26H25F2N3O2/c1-14(2)25-24(15-4-6-16(7-5-15)26(32)33-3)19-12-22-17(13-29-30-22)10-23(19)31(25)18-8-9-20(27)21(28)11-18/h8-13,15-16H,1,4-7H2,2-3H3,(H,29,30). The number of benzene rings is 2. The Balaban J connectivity index is 1.74. The second-order valence-electron chi connectivity index (χ2n) is 8.87. The van der Waals surface area contributed by atoms with E-state index in [4.69, 9.17) is 4.74 Å². The molecule has 7 heteroatoms. The molecule has 33 heavy (non-hydrogen) atoms. The summed E-state index contributed by atoms with van der Waals surface area (Å²) in [6.45, 7) is 6.17. The molecule has 0 amide bonds. The Bertz CT molecular complexity index is 1390. The van der Waals surface area contributed by atoms with E-state index in [2.05, 4.69) is 22.8 Å². The second-order valence-corrected chi connectivity index (χ2v) is 8.87. The summed E-state index contributed by atoms with van der Waals surface area (Å²) in [6, 6.07) is 8.05. The van der Waals surface area contributed by atoms with Gasteiger partial charge in [0, 0.05) is 22.5 Å². The number of hydrogen-bond donors (Lipinski definition) is 1. The van der Waals surface area contributed by atoms with Crippen molar-refractivity contribution in [3.63, 3.8) is 0 Å². The molecule has 5 rings (SSSR count). The lowest BCUT2D eigenvalue weighted by molar-refractivity contribution is -0.146. The molecule has 0 radical (unpaired) electrons. The van der Waals surface area contributed by atoms with Gasteiger partial charge in [0.05, 0.1) is 36.0 Å². The van der Waals surface area contributed by atoms with Crippen LogP contribution in [0.25, 0.3) is 33.1 Å². The number of carbonyl (C=O) groups excluding carboxylic acids is 1. The molecule has 170 valence electrons. The van der Waals surface area contributed by atoms with E-state index in [1.54, 1.807) is 12.3 Å². The molecule has 2 heterocycles. The van der Waals surface area contributed by atoms with Crippen LogP contribution in [0.3, 0.4) is 0 Å². The van der Waals surface area contributed by atoms with Crippen LogP contribution in [0, 0.1) is 17.6 Å². The van der Waals surface area contributed by atoms with Gasteiger partial charge in [-0.25, -0.2) is 8.78 Å². The monoisotopic (exact) mass is 449 g/mol. The first kappa shape index (κ1) is 21.4. The number of aromatic amines is 1. The van der Waals surface area contributed by atoms with E-state index >= 15 is 0 Å². The molecule has 1 aliphatic rings. The van der Waals surface area contributed by atoms with Gasteiger partial charge in [-0.1, -0.05) is 6.58 Å². The van der Waals surface area contributed by atoms with E-state index in [0.29, 0.717) is 5.69 Å². The maximum atomic E-state index is 14.2. The first-order chi connectivity index (χ1) is 15.9. The van der Waals surface area contributed by atoms with Crippen molar-refractivity contribution < 1.29 is 18.3 Å². The number of nitrogens with one attached hydrogen (secondary N) is 1. The van der Waals surface area contributed by atoms with Crippen LogP contribution in [-0.2, 0) is 9.53 Å². The summed E-state index contributed by atoms with van der Waals surface area (Å²) < 4.78 is 34.9. The van der Waals surface area contributed by atoms with Crippen molar-refractivity contribution in [1.82, 2.24) is 14.8 Å². The van der Waals surface area contributed by atoms with Gasteiger partial charge in [-0.2, -0.15) is 5.10 Å². The Morgan fingerprint density at radius 2 is 1.91 bits per heavy atom. The van der Waals surface area contributed by atoms with Crippen LogP contribution in [0.1, 0.15) is 49.8 Å². The Hall–Kier alpha value is -3.48. The van der Waals surface area contributed by atoms with Gasteiger partial charge in [0.25, 0.3) is 0 Å². The highest BCUT2D eigenvalue weighted by Gasteiger charge is 2.32. The summed E-state index contributed by atoms with van der Waals surface area (Å²) >= 11 is 0. The lowest BCUT2D eigenvalue weighted by Crippen LogP contribution is -2.22. The topological polar surface area (TPSA) is 59.9 Å². The van der Waals surface area contributed by atoms with Crippen molar-refractivity contribution in [1.29, 1.82) is 0 Å². The first-order valence-electron chi connectivity index (χ1n) is 11.1. The SMILES string of the molecule is C=C(C)c1c(C2CCC(C(=O)OC)CC2)c2cc3[nH]ncc3cc2n1-c1ccc(F)c(F)c1. The van der Waals surface area contributed by atoms with Crippen molar-refractivity contribution in [2.45, 2.75) is 38.5 Å². The van der Waals surface area contributed by atoms with Crippen LogP contribution in [0.5, 0.6) is 0 Å². The molecule has 2 aromatic carbocycles. The molecule has 0 aliphatic heterocycles. The molecule has 0 unspecified atom stereocenters. The number of halogens is 2. The zero-order valence-electron chi connectivity index (χ0n) is 18.6. The van der Waals surface area contributed by atoms with Crippen molar-refractivity contribution in [2.75, 3.05) is 7.11 Å². The minimum absolute atomic E-state index is 0.0848. The summed E-state index contributed by atoms with van der Waals surface area (Å²) in [4.78, 5) is 12.0. The smallest absolute Gasteiger partial charge is 0.308 e. The fourth-order valence-electron chi connectivity index (χ4n) is 5.26. The molecule has 0 atom stereocenters. The van der Waals surface area contributed by atoms with E-state index in [9.17, 15) is 13.6 Å². The number of carbonyl (C=O) groups is 1. The zero-order valence-corrected chi connectivity index (χ0v) is 18.6. The third kappa shape index (κ3) is 3.52. The van der Waals surface area contributed by atoms with E-state index in [1.165, 1.54) is 13.2 Å². The number of esters is 1. The summed E-state index contributed by atoms with van der Waals surface area (Å²) in [5.41, 5.74) is 5.19. The number of aromatic nitrogens is 3. The highest BCUT2D eigenvalue weighted by atomic mass is 19.2. The summed E-state index contributed by atoms with van der Waals surface area (Å²) in [6.07, 6.45) is 4.91. The molecule has 0 bridgehead atoms. The summed E-state index contributed by atoms with van der Waals surface area (Å²) in [5, 5.41) is 9.14. The lowest BCUT2D eigenvalue weighted by Gasteiger charge is -2.28. The number of fused-ring (bicyclic) bond motifs is 2. The maximum absolute atomic E-state index is 14.2. The van der Waals surface area contributed by atoms with Crippen molar-refractivity contribution in [3.05, 3.63) is 66.0 Å².